The number of carbonyl (C=O) groups is 4. The number of hydrogen-bond acceptors (Lipinski definition) is 6. The number of carbonyl (C=O) groups excluding carboxylic acids is 4. The molecule has 36 heavy (non-hydrogen) atoms. The summed E-state index contributed by atoms with van der Waals surface area (Å²) >= 11 is 11.0. The van der Waals surface area contributed by atoms with E-state index in [1.54, 1.807) is 25.1 Å². The topological polar surface area (TPSA) is 126 Å². The van der Waals surface area contributed by atoms with Crippen LogP contribution in [-0.4, -0.2) is 35.4 Å². The third kappa shape index (κ3) is 11.3. The van der Waals surface area contributed by atoms with Crippen LogP contribution in [0.3, 0.4) is 0 Å². The van der Waals surface area contributed by atoms with Crippen molar-refractivity contribution in [3.63, 3.8) is 0 Å². The number of amides is 3. The first kappa shape index (κ1) is 28.7. The van der Waals surface area contributed by atoms with Gasteiger partial charge < -0.3 is 15.4 Å². The fraction of sp³-hybridized carbons (Fsp3) is 0.320. The van der Waals surface area contributed by atoms with Crippen molar-refractivity contribution in [3.05, 3.63) is 64.7 Å². The molecule has 2 aromatic carbocycles. The predicted molar refractivity (Wildman–Crippen MR) is 141 cm³/mol. The molecule has 0 spiro atoms. The number of halogens is 1. The van der Waals surface area contributed by atoms with Crippen LogP contribution in [0.2, 0.25) is 5.02 Å². The Morgan fingerprint density at radius 1 is 0.861 bits per heavy atom. The normalized spacial score (nSPS) is 10.2. The van der Waals surface area contributed by atoms with Crippen LogP contribution in [-0.2, 0) is 30.3 Å². The van der Waals surface area contributed by atoms with Crippen LogP contribution in [0.5, 0.6) is 0 Å². The Bertz CT molecular complexity index is 1080. The minimum absolute atomic E-state index is 0.0634. The van der Waals surface area contributed by atoms with Crippen molar-refractivity contribution in [2.45, 2.75) is 45.4 Å². The summed E-state index contributed by atoms with van der Waals surface area (Å²) in [4.78, 5) is 47.7. The van der Waals surface area contributed by atoms with Crippen molar-refractivity contribution in [1.82, 2.24) is 16.2 Å². The first-order chi connectivity index (χ1) is 17.2. The summed E-state index contributed by atoms with van der Waals surface area (Å²) in [5.41, 5.74) is 7.16. The number of ether oxygens (including phenoxy) is 1. The predicted octanol–water partition coefficient (Wildman–Crippen LogP) is 3.35. The SMILES string of the molecule is Cc1c(Cl)cccc1NC(=O)CCC(=O)NNC(=S)NC(=O)CCC(=O)OCCCc1ccccc1. The van der Waals surface area contributed by atoms with Crippen LogP contribution in [0.25, 0.3) is 0 Å². The maximum absolute atomic E-state index is 12.1. The van der Waals surface area contributed by atoms with Crippen molar-refractivity contribution in [1.29, 1.82) is 0 Å². The number of hydrazine groups is 1. The van der Waals surface area contributed by atoms with Crippen molar-refractivity contribution in [2.24, 2.45) is 0 Å². The van der Waals surface area contributed by atoms with E-state index >= 15 is 0 Å². The molecule has 192 valence electrons. The van der Waals surface area contributed by atoms with Crippen molar-refractivity contribution >= 4 is 58.3 Å². The molecule has 0 radical (unpaired) electrons. The van der Waals surface area contributed by atoms with Gasteiger partial charge in [-0.05, 0) is 55.2 Å². The minimum atomic E-state index is -0.501. The summed E-state index contributed by atoms with van der Waals surface area (Å²) in [6.07, 6.45) is 1.12. The second kappa shape index (κ2) is 15.5. The monoisotopic (exact) mass is 532 g/mol. The Morgan fingerprint density at radius 2 is 1.56 bits per heavy atom. The maximum Gasteiger partial charge on any atom is 0.306 e. The third-order valence-electron chi connectivity index (χ3n) is 4.96. The molecule has 0 bridgehead atoms. The Morgan fingerprint density at radius 3 is 2.31 bits per heavy atom. The van der Waals surface area contributed by atoms with Gasteiger partial charge in [0, 0.05) is 30.0 Å². The zero-order valence-electron chi connectivity index (χ0n) is 19.9. The number of hydrogen-bond donors (Lipinski definition) is 4. The first-order valence-corrected chi connectivity index (χ1v) is 12.2. The second-order valence-electron chi connectivity index (χ2n) is 7.82. The molecule has 0 saturated carbocycles. The molecule has 0 aromatic heterocycles. The van der Waals surface area contributed by atoms with Crippen LogP contribution in [0.15, 0.2) is 48.5 Å². The molecular weight excluding hydrogens is 504 g/mol. The lowest BCUT2D eigenvalue weighted by Crippen LogP contribution is -2.48. The van der Waals surface area contributed by atoms with Gasteiger partial charge in [-0.25, -0.2) is 0 Å². The van der Waals surface area contributed by atoms with E-state index in [4.69, 9.17) is 28.6 Å². The number of nitrogens with one attached hydrogen (secondary N) is 4. The van der Waals surface area contributed by atoms with E-state index in [1.807, 2.05) is 30.3 Å². The number of aryl methyl sites for hydroxylation is 1. The molecule has 0 atom stereocenters. The highest BCUT2D eigenvalue weighted by Crippen LogP contribution is 2.23. The van der Waals surface area contributed by atoms with Gasteiger partial charge in [-0.3, -0.25) is 30.0 Å². The number of thiocarbonyl (C=S) groups is 1. The molecule has 0 unspecified atom stereocenters. The summed E-state index contributed by atoms with van der Waals surface area (Å²) in [6, 6.07) is 15.0. The van der Waals surface area contributed by atoms with Crippen LogP contribution >= 0.6 is 23.8 Å². The van der Waals surface area contributed by atoms with Gasteiger partial charge in [0.1, 0.15) is 0 Å². The van der Waals surface area contributed by atoms with Gasteiger partial charge in [-0.2, -0.15) is 0 Å². The highest BCUT2D eigenvalue weighted by Gasteiger charge is 2.12. The number of benzene rings is 2. The standard InChI is InChI=1S/C25H29ClN4O5S/c1-17-19(26)10-5-11-20(17)27-21(31)12-13-23(33)29-30-25(36)28-22(32)14-15-24(34)35-16-6-9-18-7-3-2-4-8-18/h2-5,7-8,10-11H,6,9,12-16H2,1H3,(H,27,31)(H,29,33)(H2,28,30,32,36). The smallest absolute Gasteiger partial charge is 0.306 e. The molecule has 0 fully saturated rings. The van der Waals surface area contributed by atoms with Crippen LogP contribution < -0.4 is 21.5 Å². The van der Waals surface area contributed by atoms with E-state index in [0.717, 1.165) is 17.5 Å². The lowest BCUT2D eigenvalue weighted by Gasteiger charge is -2.11. The Kier molecular flexibility index (Phi) is 12.4. The van der Waals surface area contributed by atoms with E-state index in [-0.39, 0.29) is 43.3 Å². The fourth-order valence-corrected chi connectivity index (χ4v) is 3.33. The molecule has 0 aliphatic carbocycles. The van der Waals surface area contributed by atoms with Crippen LogP contribution in [0, 0.1) is 6.92 Å². The number of rotatable bonds is 11. The summed E-state index contributed by atoms with van der Waals surface area (Å²) in [5.74, 6) is -1.82. The van der Waals surface area contributed by atoms with Gasteiger partial charge in [-0.15, -0.1) is 0 Å². The average molecular weight is 533 g/mol. The summed E-state index contributed by atoms with van der Waals surface area (Å²) in [7, 11) is 0. The van der Waals surface area contributed by atoms with Crippen molar-refractivity contribution < 1.29 is 23.9 Å². The van der Waals surface area contributed by atoms with E-state index in [2.05, 4.69) is 21.5 Å². The molecule has 9 nitrogen and oxygen atoms in total. The highest BCUT2D eigenvalue weighted by atomic mass is 35.5. The molecule has 4 N–H and O–H groups in total. The Labute approximate surface area is 220 Å². The van der Waals surface area contributed by atoms with Crippen LogP contribution in [0.1, 0.15) is 43.2 Å². The van der Waals surface area contributed by atoms with E-state index in [9.17, 15) is 19.2 Å². The fourth-order valence-electron chi connectivity index (χ4n) is 2.99. The van der Waals surface area contributed by atoms with Crippen molar-refractivity contribution in [2.75, 3.05) is 11.9 Å². The zero-order valence-corrected chi connectivity index (χ0v) is 21.5. The summed E-state index contributed by atoms with van der Waals surface area (Å²) in [5, 5.41) is 5.45. The van der Waals surface area contributed by atoms with Gasteiger partial charge >= 0.3 is 5.97 Å². The zero-order chi connectivity index (χ0) is 26.3. The second-order valence-corrected chi connectivity index (χ2v) is 8.64. The maximum atomic E-state index is 12.1. The molecule has 3 amide bonds. The molecular formula is C25H29ClN4O5S. The van der Waals surface area contributed by atoms with Gasteiger partial charge in [0.25, 0.3) is 0 Å². The molecule has 2 aromatic rings. The van der Waals surface area contributed by atoms with Gasteiger partial charge in [0.05, 0.1) is 13.0 Å². The lowest BCUT2D eigenvalue weighted by atomic mass is 10.1. The van der Waals surface area contributed by atoms with Crippen molar-refractivity contribution in [3.8, 4) is 0 Å². The largest absolute Gasteiger partial charge is 0.466 e. The van der Waals surface area contributed by atoms with Crippen LogP contribution in [0.4, 0.5) is 5.69 Å². The van der Waals surface area contributed by atoms with E-state index < -0.39 is 17.8 Å². The molecule has 0 heterocycles. The molecule has 2 rings (SSSR count). The highest BCUT2D eigenvalue weighted by molar-refractivity contribution is 7.80. The van der Waals surface area contributed by atoms with E-state index in [0.29, 0.717) is 17.1 Å². The Hall–Kier alpha value is -3.50. The number of anilines is 1. The van der Waals surface area contributed by atoms with E-state index in [1.165, 1.54) is 0 Å². The third-order valence-corrected chi connectivity index (χ3v) is 5.57. The van der Waals surface area contributed by atoms with Gasteiger partial charge in [0.15, 0.2) is 5.11 Å². The molecule has 11 heteroatoms. The minimum Gasteiger partial charge on any atom is -0.466 e. The molecule has 0 aliphatic heterocycles. The van der Waals surface area contributed by atoms with Gasteiger partial charge in [-0.1, -0.05) is 48.0 Å². The average Bonchev–Trinajstić information content (AvgIpc) is 2.86. The lowest BCUT2D eigenvalue weighted by molar-refractivity contribution is -0.145. The quantitative estimate of drug-likeness (QED) is 0.151. The van der Waals surface area contributed by atoms with Gasteiger partial charge in [0.2, 0.25) is 17.7 Å². The first-order valence-electron chi connectivity index (χ1n) is 11.4. The number of esters is 1. The molecule has 0 aliphatic rings. The summed E-state index contributed by atoms with van der Waals surface area (Å²) < 4.78 is 5.13. The Balaban J connectivity index is 1.54. The summed E-state index contributed by atoms with van der Waals surface area (Å²) in [6.45, 7) is 2.05. The molecule has 0 saturated heterocycles.